The summed E-state index contributed by atoms with van der Waals surface area (Å²) in [5, 5.41) is 3.72. The minimum absolute atomic E-state index is 0.203. The van der Waals surface area contributed by atoms with Gasteiger partial charge in [0.2, 0.25) is 5.95 Å². The molecule has 0 N–H and O–H groups in total. The van der Waals surface area contributed by atoms with Gasteiger partial charge in [-0.1, -0.05) is 11.6 Å². The Balaban J connectivity index is 1.42. The van der Waals surface area contributed by atoms with Crippen LogP contribution in [0.2, 0.25) is 5.02 Å². The van der Waals surface area contributed by atoms with Crippen LogP contribution >= 0.6 is 11.6 Å². The fraction of sp³-hybridized carbons (Fsp3) is 0.333. The van der Waals surface area contributed by atoms with Gasteiger partial charge in [-0.3, -0.25) is 9.25 Å². The predicted octanol–water partition coefficient (Wildman–Crippen LogP) is 2.48. The van der Waals surface area contributed by atoms with E-state index < -0.39 is 23.4 Å². The van der Waals surface area contributed by atoms with E-state index in [1.807, 2.05) is 4.90 Å². The number of piperazine rings is 1. The van der Waals surface area contributed by atoms with E-state index in [-0.39, 0.29) is 12.6 Å². The van der Waals surface area contributed by atoms with Gasteiger partial charge < -0.3 is 9.80 Å². The van der Waals surface area contributed by atoms with Crippen LogP contribution in [0.5, 0.6) is 0 Å². The average Bonchev–Trinajstić information content (AvgIpc) is 3.19. The Labute approximate surface area is 178 Å². The summed E-state index contributed by atoms with van der Waals surface area (Å²) in [6.45, 7) is 1.63. The number of benzene rings is 1. The normalized spacial score (nSPS) is 14.9. The molecule has 3 heterocycles. The van der Waals surface area contributed by atoms with Crippen molar-refractivity contribution in [1.82, 2.24) is 24.3 Å². The first-order chi connectivity index (χ1) is 14.7. The van der Waals surface area contributed by atoms with Crippen LogP contribution in [0, 0.1) is 5.82 Å². The lowest BCUT2D eigenvalue weighted by atomic mass is 10.2. The van der Waals surface area contributed by atoms with Crippen molar-refractivity contribution in [2.45, 2.75) is 12.8 Å². The van der Waals surface area contributed by atoms with Gasteiger partial charge in [-0.2, -0.15) is 23.3 Å². The summed E-state index contributed by atoms with van der Waals surface area (Å²) in [4.78, 5) is 24.0. The maximum absolute atomic E-state index is 14.1. The number of hydrogen-bond donors (Lipinski definition) is 0. The second-order valence-electron chi connectivity index (χ2n) is 6.86. The molecule has 1 fully saturated rings. The molecular weight excluding hydrogens is 442 g/mol. The van der Waals surface area contributed by atoms with E-state index in [0.29, 0.717) is 36.9 Å². The molecule has 164 valence electrons. The van der Waals surface area contributed by atoms with Gasteiger partial charge in [0.1, 0.15) is 18.8 Å². The van der Waals surface area contributed by atoms with E-state index in [9.17, 15) is 22.4 Å². The van der Waals surface area contributed by atoms with Crippen LogP contribution in [0.1, 0.15) is 5.69 Å². The molecule has 1 aliphatic rings. The molecule has 0 spiro atoms. The zero-order valence-electron chi connectivity index (χ0n) is 15.9. The van der Waals surface area contributed by atoms with Crippen molar-refractivity contribution in [3.05, 3.63) is 63.8 Å². The number of nitrogens with zero attached hydrogens (tertiary/aromatic N) is 7. The molecule has 1 saturated heterocycles. The third kappa shape index (κ3) is 4.63. The zero-order valence-corrected chi connectivity index (χ0v) is 16.7. The zero-order chi connectivity index (χ0) is 22.2. The van der Waals surface area contributed by atoms with Gasteiger partial charge in [0.05, 0.1) is 5.69 Å². The average molecular weight is 458 g/mol. The molecule has 0 amide bonds. The van der Waals surface area contributed by atoms with Crippen molar-refractivity contribution >= 4 is 23.2 Å². The Morgan fingerprint density at radius 3 is 2.39 bits per heavy atom. The summed E-state index contributed by atoms with van der Waals surface area (Å²) >= 11 is 5.79. The minimum Gasteiger partial charge on any atom is -0.366 e. The van der Waals surface area contributed by atoms with Crippen molar-refractivity contribution in [3.63, 3.8) is 0 Å². The minimum atomic E-state index is -4.56. The lowest BCUT2D eigenvalue weighted by Crippen LogP contribution is -2.48. The fourth-order valence-corrected chi connectivity index (χ4v) is 3.39. The van der Waals surface area contributed by atoms with E-state index >= 15 is 0 Å². The van der Waals surface area contributed by atoms with Gasteiger partial charge in [-0.05, 0) is 24.3 Å². The van der Waals surface area contributed by atoms with Crippen LogP contribution in [0.3, 0.4) is 0 Å². The first kappa shape index (κ1) is 21.1. The molecule has 3 aromatic rings. The van der Waals surface area contributed by atoms with Gasteiger partial charge in [0.25, 0.3) is 0 Å². The number of hydrogen-bond acceptors (Lipinski definition) is 6. The van der Waals surface area contributed by atoms with Crippen LogP contribution in [0.4, 0.5) is 29.2 Å². The number of halogens is 5. The second-order valence-corrected chi connectivity index (χ2v) is 7.29. The molecule has 0 saturated carbocycles. The largest absolute Gasteiger partial charge is 0.435 e. The molecule has 0 unspecified atom stereocenters. The van der Waals surface area contributed by atoms with Crippen molar-refractivity contribution in [2.75, 3.05) is 36.0 Å². The fourth-order valence-electron chi connectivity index (χ4n) is 3.23. The molecule has 0 radical (unpaired) electrons. The molecule has 0 aliphatic carbocycles. The highest BCUT2D eigenvalue weighted by molar-refractivity contribution is 6.30. The lowest BCUT2D eigenvalue weighted by molar-refractivity contribution is -0.141. The molecule has 0 bridgehead atoms. The summed E-state index contributed by atoms with van der Waals surface area (Å²) in [5.41, 5.74) is -1.27. The van der Waals surface area contributed by atoms with Crippen molar-refractivity contribution in [1.29, 1.82) is 0 Å². The van der Waals surface area contributed by atoms with Crippen molar-refractivity contribution in [2.24, 2.45) is 0 Å². The Bertz CT molecular complexity index is 1140. The highest BCUT2D eigenvalue weighted by Gasteiger charge is 2.33. The molecule has 13 heteroatoms. The van der Waals surface area contributed by atoms with Crippen LogP contribution in [0.25, 0.3) is 0 Å². The van der Waals surface area contributed by atoms with Gasteiger partial charge in [-0.15, -0.1) is 0 Å². The van der Waals surface area contributed by atoms with E-state index in [1.54, 1.807) is 17.0 Å². The third-order valence-corrected chi connectivity index (χ3v) is 5.03. The van der Waals surface area contributed by atoms with E-state index in [2.05, 4.69) is 15.1 Å². The molecule has 2 aromatic heterocycles. The van der Waals surface area contributed by atoms with Crippen LogP contribution in [-0.4, -0.2) is 50.5 Å². The van der Waals surface area contributed by atoms with Gasteiger partial charge in [0, 0.05) is 37.4 Å². The Hall–Kier alpha value is -3.15. The Morgan fingerprint density at radius 1 is 1.06 bits per heavy atom. The predicted molar refractivity (Wildman–Crippen MR) is 105 cm³/mol. The summed E-state index contributed by atoms with van der Waals surface area (Å²) in [5.74, 6) is -0.207. The molecule has 8 nitrogen and oxygen atoms in total. The van der Waals surface area contributed by atoms with E-state index in [4.69, 9.17) is 11.6 Å². The Kier molecular flexibility index (Phi) is 5.56. The molecule has 4 rings (SSSR count). The summed E-state index contributed by atoms with van der Waals surface area (Å²) in [7, 11) is 0. The molecule has 31 heavy (non-hydrogen) atoms. The third-order valence-electron chi connectivity index (χ3n) is 4.80. The van der Waals surface area contributed by atoms with E-state index in [0.717, 1.165) is 21.5 Å². The summed E-state index contributed by atoms with van der Waals surface area (Å²) < 4.78 is 54.1. The quantitative estimate of drug-likeness (QED) is 0.561. The molecule has 0 atom stereocenters. The molecule has 1 aliphatic heterocycles. The van der Waals surface area contributed by atoms with E-state index in [1.165, 1.54) is 12.4 Å². The van der Waals surface area contributed by atoms with Gasteiger partial charge in [0.15, 0.2) is 5.69 Å². The standard InChI is InChI=1S/C18H16ClF4N7O/c19-12-1-2-14(13(20)9-12)27-5-7-28(8-6-27)16-24-10-29(17(31)25-16)11-30-4-3-15(26-30)18(21,22)23/h1-4,9-10H,5-8,11H2. The number of rotatable bonds is 4. The molecular formula is C18H16ClF4N7O. The monoisotopic (exact) mass is 457 g/mol. The van der Waals surface area contributed by atoms with Crippen molar-refractivity contribution in [3.8, 4) is 0 Å². The Morgan fingerprint density at radius 2 is 1.77 bits per heavy atom. The smallest absolute Gasteiger partial charge is 0.366 e. The second kappa shape index (κ2) is 8.17. The number of aromatic nitrogens is 5. The van der Waals surface area contributed by atoms with Crippen molar-refractivity contribution < 1.29 is 17.6 Å². The topological polar surface area (TPSA) is 72.1 Å². The van der Waals surface area contributed by atoms with Gasteiger partial charge >= 0.3 is 11.9 Å². The first-order valence-corrected chi connectivity index (χ1v) is 9.57. The molecule has 1 aromatic carbocycles. The van der Waals surface area contributed by atoms with Gasteiger partial charge in [-0.25, -0.2) is 14.2 Å². The summed E-state index contributed by atoms with van der Waals surface area (Å²) in [6.07, 6.45) is -2.23. The highest BCUT2D eigenvalue weighted by Crippen LogP contribution is 2.27. The SMILES string of the molecule is O=c1nc(N2CCN(c3ccc(Cl)cc3F)CC2)ncn1Cn1ccc(C(F)(F)F)n1. The maximum Gasteiger partial charge on any atom is 0.435 e. The van der Waals surface area contributed by atoms with Crippen LogP contribution in [0.15, 0.2) is 41.6 Å². The van der Waals surface area contributed by atoms with Crippen LogP contribution < -0.4 is 15.5 Å². The summed E-state index contributed by atoms with van der Waals surface area (Å²) in [6, 6.07) is 5.31. The number of alkyl halides is 3. The highest BCUT2D eigenvalue weighted by atomic mass is 35.5. The first-order valence-electron chi connectivity index (χ1n) is 9.20. The van der Waals surface area contributed by atoms with Crippen LogP contribution in [-0.2, 0) is 12.8 Å². The number of anilines is 2. The maximum atomic E-state index is 14.1. The lowest BCUT2D eigenvalue weighted by Gasteiger charge is -2.36.